The van der Waals surface area contributed by atoms with Gasteiger partial charge in [-0.2, -0.15) is 5.10 Å². The number of halogens is 2. The van der Waals surface area contributed by atoms with Gasteiger partial charge in [0.05, 0.1) is 10.0 Å². The number of rotatable bonds is 6. The number of benzene rings is 2. The normalized spacial score (nSPS) is 11.0. The number of aromatic nitrogens is 2. The second-order valence-corrected chi connectivity index (χ2v) is 7.71. The summed E-state index contributed by atoms with van der Waals surface area (Å²) in [6.45, 7) is 5.82. The van der Waals surface area contributed by atoms with Crippen molar-refractivity contribution in [2.45, 2.75) is 33.4 Å². The van der Waals surface area contributed by atoms with Crippen molar-refractivity contribution in [3.63, 3.8) is 0 Å². The van der Waals surface area contributed by atoms with E-state index >= 15 is 0 Å². The van der Waals surface area contributed by atoms with Gasteiger partial charge in [0.1, 0.15) is 5.75 Å². The molecule has 8 heteroatoms. The highest BCUT2D eigenvalue weighted by Crippen LogP contribution is 2.33. The number of amides is 1. The van der Waals surface area contributed by atoms with Crippen LogP contribution in [0.15, 0.2) is 42.6 Å². The van der Waals surface area contributed by atoms with E-state index in [2.05, 4.69) is 10.4 Å². The third-order valence-electron chi connectivity index (χ3n) is 4.38. The Kier molecular flexibility index (Phi) is 6.35. The van der Waals surface area contributed by atoms with Crippen LogP contribution in [-0.2, 0) is 6.73 Å². The lowest BCUT2D eigenvalue weighted by atomic mass is 9.99. The van der Waals surface area contributed by atoms with Crippen LogP contribution < -0.4 is 10.1 Å². The summed E-state index contributed by atoms with van der Waals surface area (Å²) in [5.74, 6) is 0.343. The summed E-state index contributed by atoms with van der Waals surface area (Å²) in [5, 5.41) is 17.9. The zero-order valence-electron chi connectivity index (χ0n) is 16.2. The van der Waals surface area contributed by atoms with Gasteiger partial charge in [0.15, 0.2) is 18.2 Å². The number of hydrogen-bond acceptors (Lipinski definition) is 4. The number of aryl methyl sites for hydroxylation is 1. The highest BCUT2D eigenvalue weighted by Gasteiger charge is 2.15. The van der Waals surface area contributed by atoms with Crippen LogP contribution in [0, 0.1) is 6.92 Å². The first-order valence-corrected chi connectivity index (χ1v) is 9.77. The average molecular weight is 434 g/mol. The van der Waals surface area contributed by atoms with Gasteiger partial charge in [0.2, 0.25) is 0 Å². The van der Waals surface area contributed by atoms with E-state index in [0.717, 1.165) is 11.1 Å². The molecule has 1 aromatic heterocycles. The van der Waals surface area contributed by atoms with Crippen molar-refractivity contribution in [1.82, 2.24) is 9.78 Å². The lowest BCUT2D eigenvalue weighted by molar-refractivity contribution is 0.102. The van der Waals surface area contributed by atoms with Crippen molar-refractivity contribution in [3.8, 4) is 11.5 Å². The van der Waals surface area contributed by atoms with E-state index in [1.165, 1.54) is 4.68 Å². The molecule has 0 fully saturated rings. The van der Waals surface area contributed by atoms with E-state index in [0.29, 0.717) is 21.5 Å². The molecule has 0 aliphatic rings. The van der Waals surface area contributed by atoms with Crippen LogP contribution in [0.25, 0.3) is 0 Å². The molecule has 0 radical (unpaired) electrons. The smallest absolute Gasteiger partial charge is 0.276 e. The van der Waals surface area contributed by atoms with Crippen molar-refractivity contribution in [2.75, 3.05) is 5.32 Å². The minimum absolute atomic E-state index is 0.0481. The van der Waals surface area contributed by atoms with Crippen molar-refractivity contribution < 1.29 is 14.6 Å². The molecule has 2 N–H and O–H groups in total. The maximum atomic E-state index is 12.6. The predicted octanol–water partition coefficient (Wildman–Crippen LogP) is 5.62. The Bertz CT molecular complexity index is 1030. The van der Waals surface area contributed by atoms with E-state index in [9.17, 15) is 9.90 Å². The molecule has 3 rings (SSSR count). The van der Waals surface area contributed by atoms with Gasteiger partial charge in [0, 0.05) is 11.9 Å². The molecule has 0 saturated heterocycles. The van der Waals surface area contributed by atoms with E-state index < -0.39 is 0 Å². The fraction of sp³-hybridized carbons (Fsp3) is 0.238. The van der Waals surface area contributed by atoms with Gasteiger partial charge < -0.3 is 15.2 Å². The van der Waals surface area contributed by atoms with Crippen LogP contribution in [0.4, 0.5) is 5.69 Å². The number of carbonyl (C=O) groups is 1. The molecular formula is C21H21Cl2N3O3. The second-order valence-electron chi connectivity index (χ2n) is 6.90. The van der Waals surface area contributed by atoms with Gasteiger partial charge in [-0.05, 0) is 54.3 Å². The Morgan fingerprint density at radius 3 is 2.59 bits per heavy atom. The van der Waals surface area contributed by atoms with E-state index in [1.807, 2.05) is 20.8 Å². The second kappa shape index (κ2) is 8.76. The Morgan fingerprint density at radius 2 is 1.93 bits per heavy atom. The summed E-state index contributed by atoms with van der Waals surface area (Å²) in [6, 6.07) is 10.1. The van der Waals surface area contributed by atoms with Gasteiger partial charge in [-0.1, -0.05) is 43.1 Å². The molecule has 152 valence electrons. The SMILES string of the molecule is Cc1cc(O)c(C(C)C)cc1NC(=O)c1ccn(COc2c(Cl)cccc2Cl)n1. The van der Waals surface area contributed by atoms with Crippen LogP contribution in [0.5, 0.6) is 11.5 Å². The summed E-state index contributed by atoms with van der Waals surface area (Å²) in [4.78, 5) is 12.6. The van der Waals surface area contributed by atoms with E-state index in [-0.39, 0.29) is 30.0 Å². The Labute approximate surface area is 179 Å². The first-order chi connectivity index (χ1) is 13.8. The number of nitrogens with one attached hydrogen (secondary N) is 1. The molecule has 29 heavy (non-hydrogen) atoms. The first kappa shape index (κ1) is 21.0. The van der Waals surface area contributed by atoms with Crippen molar-refractivity contribution in [3.05, 3.63) is 69.5 Å². The third-order valence-corrected chi connectivity index (χ3v) is 4.97. The quantitative estimate of drug-likeness (QED) is 0.494. The molecule has 6 nitrogen and oxygen atoms in total. The number of hydrogen-bond donors (Lipinski definition) is 2. The fourth-order valence-electron chi connectivity index (χ4n) is 2.80. The minimum Gasteiger partial charge on any atom is -0.508 e. The van der Waals surface area contributed by atoms with Crippen molar-refractivity contribution >= 4 is 34.8 Å². The number of ether oxygens (including phenoxy) is 1. The molecule has 2 aromatic carbocycles. The first-order valence-electron chi connectivity index (χ1n) is 9.01. The van der Waals surface area contributed by atoms with Gasteiger partial charge >= 0.3 is 0 Å². The summed E-state index contributed by atoms with van der Waals surface area (Å²) in [5.41, 5.74) is 2.39. The largest absolute Gasteiger partial charge is 0.508 e. The number of nitrogens with zero attached hydrogens (tertiary/aromatic N) is 2. The Morgan fingerprint density at radius 1 is 1.24 bits per heavy atom. The zero-order chi connectivity index (χ0) is 21.1. The molecular weight excluding hydrogens is 413 g/mol. The fourth-order valence-corrected chi connectivity index (χ4v) is 3.31. The highest BCUT2D eigenvalue weighted by atomic mass is 35.5. The zero-order valence-corrected chi connectivity index (χ0v) is 17.8. The third kappa shape index (κ3) is 4.83. The number of phenolic OH excluding ortho intramolecular Hbond substituents is 1. The van der Waals surface area contributed by atoms with Crippen LogP contribution >= 0.6 is 23.2 Å². The number of phenols is 1. The number of carbonyl (C=O) groups excluding carboxylic acids is 1. The Hall–Kier alpha value is -2.70. The van der Waals surface area contributed by atoms with E-state index in [4.69, 9.17) is 27.9 Å². The predicted molar refractivity (Wildman–Crippen MR) is 114 cm³/mol. The molecule has 1 amide bonds. The molecule has 0 atom stereocenters. The lowest BCUT2D eigenvalue weighted by Gasteiger charge is -2.14. The number of aromatic hydroxyl groups is 1. The molecule has 1 heterocycles. The van der Waals surface area contributed by atoms with Gasteiger partial charge in [-0.25, -0.2) is 4.68 Å². The molecule has 3 aromatic rings. The maximum absolute atomic E-state index is 12.6. The summed E-state index contributed by atoms with van der Waals surface area (Å²) >= 11 is 12.2. The summed E-state index contributed by atoms with van der Waals surface area (Å²) < 4.78 is 7.09. The monoisotopic (exact) mass is 433 g/mol. The Balaban J connectivity index is 1.71. The molecule has 0 spiro atoms. The average Bonchev–Trinajstić information content (AvgIpc) is 3.12. The van der Waals surface area contributed by atoms with Crippen molar-refractivity contribution in [1.29, 1.82) is 0 Å². The molecule has 0 unspecified atom stereocenters. The van der Waals surface area contributed by atoms with Crippen molar-refractivity contribution in [2.24, 2.45) is 0 Å². The molecule has 0 bridgehead atoms. The van der Waals surface area contributed by atoms with Crippen LogP contribution in [0.1, 0.15) is 41.4 Å². The van der Waals surface area contributed by atoms with Crippen LogP contribution in [0.2, 0.25) is 10.0 Å². The highest BCUT2D eigenvalue weighted by molar-refractivity contribution is 6.37. The maximum Gasteiger partial charge on any atom is 0.276 e. The van der Waals surface area contributed by atoms with Crippen LogP contribution in [-0.4, -0.2) is 20.8 Å². The van der Waals surface area contributed by atoms with Gasteiger partial charge in [0.25, 0.3) is 5.91 Å². The molecule has 0 aliphatic carbocycles. The van der Waals surface area contributed by atoms with E-state index in [1.54, 1.807) is 42.6 Å². The summed E-state index contributed by atoms with van der Waals surface area (Å²) in [6.07, 6.45) is 1.63. The number of anilines is 1. The minimum atomic E-state index is -0.358. The molecule has 0 aliphatic heterocycles. The lowest BCUT2D eigenvalue weighted by Crippen LogP contribution is -2.15. The van der Waals surface area contributed by atoms with Crippen LogP contribution in [0.3, 0.4) is 0 Å². The molecule has 0 saturated carbocycles. The van der Waals surface area contributed by atoms with Gasteiger partial charge in [-0.3, -0.25) is 4.79 Å². The number of para-hydroxylation sites is 1. The van der Waals surface area contributed by atoms with Gasteiger partial charge in [-0.15, -0.1) is 0 Å². The standard InChI is InChI=1S/C21H21Cl2N3O3/c1-12(2)14-10-18(13(3)9-19(14)27)24-21(28)17-7-8-26(25-17)11-29-20-15(22)5-4-6-16(20)23/h4-10,12,27H,11H2,1-3H3,(H,24,28). The topological polar surface area (TPSA) is 76.4 Å². The summed E-state index contributed by atoms with van der Waals surface area (Å²) in [7, 11) is 0.